The quantitative estimate of drug-likeness (QED) is 0.572. The van der Waals surface area contributed by atoms with Crippen LogP contribution in [0.4, 0.5) is 0 Å². The van der Waals surface area contributed by atoms with Crippen LogP contribution in [0.25, 0.3) is 0 Å². The number of para-hydroxylation sites is 1. The fraction of sp³-hybridized carbons (Fsp3) is 0.500. The lowest BCUT2D eigenvalue weighted by molar-refractivity contribution is 0.352. The smallest absolute Gasteiger partial charge is 0.213 e. The van der Waals surface area contributed by atoms with Crippen molar-refractivity contribution in [2.24, 2.45) is 4.99 Å². The number of guanidine groups is 1. The Kier molecular flexibility index (Phi) is 7.10. The summed E-state index contributed by atoms with van der Waals surface area (Å²) in [4.78, 5) is 8.96. The highest BCUT2D eigenvalue weighted by Gasteiger charge is 2.19. The maximum atomic E-state index is 5.81. The highest BCUT2D eigenvalue weighted by molar-refractivity contribution is 5.79. The Morgan fingerprint density at radius 1 is 1.19 bits per heavy atom. The highest BCUT2D eigenvalue weighted by atomic mass is 16.5. The van der Waals surface area contributed by atoms with Gasteiger partial charge in [-0.3, -0.25) is 0 Å². The molecule has 1 aromatic heterocycles. The summed E-state index contributed by atoms with van der Waals surface area (Å²) in [5, 5.41) is 6.47. The van der Waals surface area contributed by atoms with Crippen LogP contribution in [0.15, 0.2) is 33.8 Å². The first kappa shape index (κ1) is 20.6. The number of aliphatic imine (C=N–C) groups is 1. The largest absolute Gasteiger partial charge is 0.493 e. The zero-order valence-electron chi connectivity index (χ0n) is 17.0. The highest BCUT2D eigenvalue weighted by Crippen LogP contribution is 2.31. The number of rotatable bonds is 7. The molecule has 0 bridgehead atoms. The molecule has 0 saturated carbocycles. The van der Waals surface area contributed by atoms with Crippen LogP contribution in [0.1, 0.15) is 44.9 Å². The Hall–Kier alpha value is -2.70. The van der Waals surface area contributed by atoms with Gasteiger partial charge < -0.3 is 24.5 Å². The topological polar surface area (TPSA) is 80.9 Å². The van der Waals surface area contributed by atoms with Crippen molar-refractivity contribution in [3.63, 3.8) is 0 Å². The molecule has 148 valence electrons. The Morgan fingerprint density at radius 3 is 2.56 bits per heavy atom. The number of oxazole rings is 1. The van der Waals surface area contributed by atoms with Crippen LogP contribution in [-0.4, -0.2) is 31.7 Å². The molecule has 1 heterocycles. The second-order valence-electron chi connectivity index (χ2n) is 7.07. The molecule has 27 heavy (non-hydrogen) atoms. The average molecular weight is 374 g/mol. The Balaban J connectivity index is 2.08. The van der Waals surface area contributed by atoms with E-state index in [1.54, 1.807) is 20.4 Å². The average Bonchev–Trinajstić information content (AvgIpc) is 3.13. The lowest BCUT2D eigenvalue weighted by Gasteiger charge is -2.14. The second-order valence-corrected chi connectivity index (χ2v) is 7.07. The van der Waals surface area contributed by atoms with Crippen molar-refractivity contribution in [1.82, 2.24) is 15.6 Å². The van der Waals surface area contributed by atoms with Gasteiger partial charge in [-0.25, -0.2) is 9.98 Å². The van der Waals surface area contributed by atoms with E-state index in [4.69, 9.17) is 13.9 Å². The number of hydrogen-bond donors (Lipinski definition) is 2. The van der Waals surface area contributed by atoms with Crippen molar-refractivity contribution in [3.05, 3.63) is 41.6 Å². The van der Waals surface area contributed by atoms with Crippen molar-refractivity contribution in [2.75, 3.05) is 20.8 Å². The first-order valence-corrected chi connectivity index (χ1v) is 9.06. The van der Waals surface area contributed by atoms with Gasteiger partial charge in [0.15, 0.2) is 17.5 Å². The SMILES string of the molecule is CCNC(=NCc1cccc(OC)c1OC)NCc1ncc(C(C)(C)C)o1. The van der Waals surface area contributed by atoms with E-state index in [0.717, 1.165) is 17.9 Å². The fourth-order valence-electron chi connectivity index (χ4n) is 2.48. The van der Waals surface area contributed by atoms with Crippen molar-refractivity contribution < 1.29 is 13.9 Å². The molecule has 7 nitrogen and oxygen atoms in total. The van der Waals surface area contributed by atoms with Crippen LogP contribution < -0.4 is 20.1 Å². The molecule has 2 aromatic rings. The minimum Gasteiger partial charge on any atom is -0.493 e. The molecule has 2 rings (SSSR count). The maximum absolute atomic E-state index is 5.81. The first-order chi connectivity index (χ1) is 12.9. The summed E-state index contributed by atoms with van der Waals surface area (Å²) in [6.07, 6.45) is 1.78. The van der Waals surface area contributed by atoms with Crippen molar-refractivity contribution in [3.8, 4) is 11.5 Å². The molecule has 1 aromatic carbocycles. The van der Waals surface area contributed by atoms with Crippen LogP contribution in [0, 0.1) is 0 Å². The van der Waals surface area contributed by atoms with E-state index in [0.29, 0.717) is 36.4 Å². The summed E-state index contributed by atoms with van der Waals surface area (Å²) in [6, 6.07) is 5.76. The minimum absolute atomic E-state index is 0.0627. The Labute approximate surface area is 161 Å². The molecule has 0 unspecified atom stereocenters. The van der Waals surface area contributed by atoms with Gasteiger partial charge >= 0.3 is 0 Å². The predicted octanol–water partition coefficient (Wildman–Crippen LogP) is 3.24. The summed E-state index contributed by atoms with van der Waals surface area (Å²) < 4.78 is 16.6. The van der Waals surface area contributed by atoms with E-state index in [9.17, 15) is 0 Å². The fourth-order valence-corrected chi connectivity index (χ4v) is 2.48. The second kappa shape index (κ2) is 9.30. The monoisotopic (exact) mass is 374 g/mol. The number of nitrogens with one attached hydrogen (secondary N) is 2. The van der Waals surface area contributed by atoms with Crippen LogP contribution in [-0.2, 0) is 18.5 Å². The minimum atomic E-state index is -0.0627. The van der Waals surface area contributed by atoms with Crippen LogP contribution >= 0.6 is 0 Å². The van der Waals surface area contributed by atoms with Gasteiger partial charge in [0.2, 0.25) is 5.89 Å². The summed E-state index contributed by atoms with van der Waals surface area (Å²) in [5.41, 5.74) is 0.882. The number of nitrogens with zero attached hydrogens (tertiary/aromatic N) is 2. The van der Waals surface area contributed by atoms with Gasteiger partial charge in [-0.15, -0.1) is 0 Å². The zero-order chi connectivity index (χ0) is 19.9. The molecular formula is C20H30N4O3. The van der Waals surface area contributed by atoms with Gasteiger partial charge in [0.05, 0.1) is 33.5 Å². The molecule has 0 fully saturated rings. The van der Waals surface area contributed by atoms with Gasteiger partial charge in [-0.2, -0.15) is 0 Å². The Bertz CT molecular complexity index is 763. The lowest BCUT2D eigenvalue weighted by atomic mass is 9.94. The van der Waals surface area contributed by atoms with Gasteiger partial charge in [-0.05, 0) is 13.0 Å². The third-order valence-electron chi connectivity index (χ3n) is 3.94. The molecule has 0 aliphatic carbocycles. The maximum Gasteiger partial charge on any atom is 0.213 e. The molecule has 0 aliphatic heterocycles. The number of aromatic nitrogens is 1. The van der Waals surface area contributed by atoms with Gasteiger partial charge in [-0.1, -0.05) is 32.9 Å². The third kappa shape index (κ3) is 5.64. The molecule has 0 spiro atoms. The van der Waals surface area contributed by atoms with Crippen molar-refractivity contribution >= 4 is 5.96 Å². The zero-order valence-corrected chi connectivity index (χ0v) is 17.0. The van der Waals surface area contributed by atoms with Crippen molar-refractivity contribution in [2.45, 2.75) is 46.2 Å². The molecular weight excluding hydrogens is 344 g/mol. The molecule has 7 heteroatoms. The standard InChI is InChI=1S/C20H30N4O3/c1-7-21-19(24-13-17-22-12-16(27-17)20(2,3)4)23-11-14-9-8-10-15(25-5)18(14)26-6/h8-10,12H,7,11,13H2,1-6H3,(H2,21,23,24). The van der Waals surface area contributed by atoms with E-state index < -0.39 is 0 Å². The van der Waals surface area contributed by atoms with E-state index in [2.05, 4.69) is 41.4 Å². The van der Waals surface area contributed by atoms with Crippen LogP contribution in [0.2, 0.25) is 0 Å². The van der Waals surface area contributed by atoms with E-state index in [1.807, 2.05) is 25.1 Å². The van der Waals surface area contributed by atoms with Gasteiger partial charge in [0.25, 0.3) is 0 Å². The normalized spacial score (nSPS) is 12.0. The number of hydrogen-bond acceptors (Lipinski definition) is 5. The molecule has 0 radical (unpaired) electrons. The number of methoxy groups -OCH3 is 2. The molecule has 0 saturated heterocycles. The summed E-state index contributed by atoms with van der Waals surface area (Å²) in [5.74, 6) is 3.56. The predicted molar refractivity (Wildman–Crippen MR) is 106 cm³/mol. The van der Waals surface area contributed by atoms with E-state index in [1.165, 1.54) is 0 Å². The molecule has 0 aliphatic rings. The van der Waals surface area contributed by atoms with E-state index >= 15 is 0 Å². The first-order valence-electron chi connectivity index (χ1n) is 9.06. The summed E-state index contributed by atoms with van der Waals surface area (Å²) >= 11 is 0. The summed E-state index contributed by atoms with van der Waals surface area (Å²) in [6.45, 7) is 9.96. The number of benzene rings is 1. The van der Waals surface area contributed by atoms with Gasteiger partial charge in [0, 0.05) is 17.5 Å². The third-order valence-corrected chi connectivity index (χ3v) is 3.94. The van der Waals surface area contributed by atoms with Gasteiger partial charge in [0.1, 0.15) is 5.76 Å². The molecule has 0 atom stereocenters. The Morgan fingerprint density at radius 2 is 1.96 bits per heavy atom. The van der Waals surface area contributed by atoms with Crippen LogP contribution in [0.3, 0.4) is 0 Å². The molecule has 0 amide bonds. The summed E-state index contributed by atoms with van der Waals surface area (Å²) in [7, 11) is 3.25. The lowest BCUT2D eigenvalue weighted by Crippen LogP contribution is -2.36. The van der Waals surface area contributed by atoms with E-state index in [-0.39, 0.29) is 5.41 Å². The molecule has 2 N–H and O–H groups in total. The van der Waals surface area contributed by atoms with Crippen molar-refractivity contribution in [1.29, 1.82) is 0 Å². The van der Waals surface area contributed by atoms with Crippen LogP contribution in [0.5, 0.6) is 11.5 Å². The number of ether oxygens (including phenoxy) is 2.